The summed E-state index contributed by atoms with van der Waals surface area (Å²) in [6, 6.07) is 0. The molecule has 78 valence electrons. The van der Waals surface area contributed by atoms with Crippen LogP contribution in [-0.4, -0.2) is 24.1 Å². The van der Waals surface area contributed by atoms with Crippen molar-refractivity contribution in [2.45, 2.75) is 25.9 Å². The minimum Gasteiger partial charge on any atom is -0.383 e. The molecular weight excluding hydrogens is 202 g/mol. The molecule has 1 aromatic heterocycles. The number of aromatic nitrogens is 2. The first-order valence-electron chi connectivity index (χ1n) is 4.22. The lowest BCUT2D eigenvalue weighted by Gasteiger charge is -2.05. The Labute approximate surface area is 83.3 Å². The molecule has 5 nitrogen and oxygen atoms in total. The van der Waals surface area contributed by atoms with Gasteiger partial charge in [-0.25, -0.2) is 18.4 Å². The van der Waals surface area contributed by atoms with E-state index in [0.717, 1.165) is 5.56 Å². The number of nitrogen functional groups attached to an aromatic ring is 1. The molecule has 0 aliphatic carbocycles. The van der Waals surface area contributed by atoms with E-state index < -0.39 is 9.84 Å². The number of rotatable bonds is 2. The molecule has 0 aromatic carbocycles. The Morgan fingerprint density at radius 2 is 1.86 bits per heavy atom. The molecule has 0 aliphatic heterocycles. The van der Waals surface area contributed by atoms with Crippen LogP contribution >= 0.6 is 0 Å². The third-order valence-corrected chi connectivity index (χ3v) is 3.56. The standard InChI is InChI=1S/C8H13N3O2S/c1-4-14(12,13)8-10-6(3)5(2)7(9)11-8/h4H2,1-3H3,(H2,9,10,11). The molecule has 0 bridgehead atoms. The summed E-state index contributed by atoms with van der Waals surface area (Å²) in [6.45, 7) is 5.01. The molecule has 0 fully saturated rings. The third-order valence-electron chi connectivity index (χ3n) is 2.06. The Bertz CT molecular complexity index is 431. The molecule has 1 heterocycles. The third kappa shape index (κ3) is 1.84. The summed E-state index contributed by atoms with van der Waals surface area (Å²) in [7, 11) is -3.36. The van der Waals surface area contributed by atoms with E-state index in [2.05, 4.69) is 9.97 Å². The molecule has 0 atom stereocenters. The molecule has 0 unspecified atom stereocenters. The molecule has 0 aliphatic rings. The quantitative estimate of drug-likeness (QED) is 0.725. The number of hydrogen-bond acceptors (Lipinski definition) is 5. The van der Waals surface area contributed by atoms with Crippen molar-refractivity contribution >= 4 is 15.7 Å². The number of nitrogens with zero attached hydrogens (tertiary/aromatic N) is 2. The van der Waals surface area contributed by atoms with E-state index in [0.29, 0.717) is 5.69 Å². The highest BCUT2D eigenvalue weighted by atomic mass is 32.2. The van der Waals surface area contributed by atoms with Crippen molar-refractivity contribution in [2.75, 3.05) is 11.5 Å². The summed E-state index contributed by atoms with van der Waals surface area (Å²) in [5.74, 6) is 0.208. The van der Waals surface area contributed by atoms with Crippen LogP contribution in [0.3, 0.4) is 0 Å². The Hall–Kier alpha value is -1.17. The fourth-order valence-corrected chi connectivity index (χ4v) is 1.66. The molecule has 0 saturated heterocycles. The summed E-state index contributed by atoms with van der Waals surface area (Å²) in [5.41, 5.74) is 6.88. The van der Waals surface area contributed by atoms with Gasteiger partial charge in [0, 0.05) is 11.3 Å². The second-order valence-electron chi connectivity index (χ2n) is 3.01. The van der Waals surface area contributed by atoms with Gasteiger partial charge in [0.2, 0.25) is 15.0 Å². The van der Waals surface area contributed by atoms with E-state index in [1.165, 1.54) is 0 Å². The summed E-state index contributed by atoms with van der Waals surface area (Å²) < 4.78 is 22.9. The van der Waals surface area contributed by atoms with Crippen LogP contribution in [0.15, 0.2) is 5.16 Å². The number of nitrogens with two attached hydrogens (primary N) is 1. The van der Waals surface area contributed by atoms with Crippen LogP contribution in [0.4, 0.5) is 5.82 Å². The zero-order valence-electron chi connectivity index (χ0n) is 8.40. The highest BCUT2D eigenvalue weighted by molar-refractivity contribution is 7.91. The maximum absolute atomic E-state index is 11.4. The van der Waals surface area contributed by atoms with Crippen LogP contribution in [-0.2, 0) is 9.84 Å². The number of sulfone groups is 1. The van der Waals surface area contributed by atoms with E-state index in [9.17, 15) is 8.42 Å². The lowest BCUT2D eigenvalue weighted by molar-refractivity contribution is 0.587. The molecule has 1 rings (SSSR count). The topological polar surface area (TPSA) is 85.9 Å². The number of aryl methyl sites for hydroxylation is 1. The first kappa shape index (κ1) is 10.9. The van der Waals surface area contributed by atoms with Gasteiger partial charge in [0.05, 0.1) is 5.75 Å². The second kappa shape index (κ2) is 3.53. The number of hydrogen-bond donors (Lipinski definition) is 1. The fraction of sp³-hybridized carbons (Fsp3) is 0.500. The molecule has 0 spiro atoms. The van der Waals surface area contributed by atoms with Gasteiger partial charge in [-0.2, -0.15) is 0 Å². The predicted octanol–water partition coefficient (Wildman–Crippen LogP) is 0.469. The lowest BCUT2D eigenvalue weighted by Crippen LogP contribution is -2.12. The van der Waals surface area contributed by atoms with Crippen molar-refractivity contribution in [1.29, 1.82) is 0 Å². The van der Waals surface area contributed by atoms with Gasteiger partial charge in [0.1, 0.15) is 5.82 Å². The van der Waals surface area contributed by atoms with E-state index >= 15 is 0 Å². The zero-order chi connectivity index (χ0) is 10.9. The van der Waals surface area contributed by atoms with Crippen molar-refractivity contribution in [1.82, 2.24) is 9.97 Å². The lowest BCUT2D eigenvalue weighted by atomic mass is 10.2. The van der Waals surface area contributed by atoms with Gasteiger partial charge in [-0.15, -0.1) is 0 Å². The van der Waals surface area contributed by atoms with E-state index in [4.69, 9.17) is 5.73 Å². The van der Waals surface area contributed by atoms with Crippen molar-refractivity contribution in [2.24, 2.45) is 0 Å². The van der Waals surface area contributed by atoms with Gasteiger partial charge in [0.25, 0.3) is 0 Å². The smallest absolute Gasteiger partial charge is 0.249 e. The predicted molar refractivity (Wildman–Crippen MR) is 53.6 cm³/mol. The van der Waals surface area contributed by atoms with Crippen LogP contribution in [0.25, 0.3) is 0 Å². The molecule has 6 heteroatoms. The van der Waals surface area contributed by atoms with Gasteiger partial charge >= 0.3 is 0 Å². The van der Waals surface area contributed by atoms with Gasteiger partial charge in [-0.05, 0) is 13.8 Å². The van der Waals surface area contributed by atoms with Crippen molar-refractivity contribution in [3.05, 3.63) is 11.3 Å². The second-order valence-corrected chi connectivity index (χ2v) is 5.18. The van der Waals surface area contributed by atoms with Crippen molar-refractivity contribution in [3.8, 4) is 0 Å². The maximum atomic E-state index is 11.4. The molecule has 0 amide bonds. The highest BCUT2D eigenvalue weighted by Crippen LogP contribution is 2.14. The average molecular weight is 215 g/mol. The van der Waals surface area contributed by atoms with Crippen molar-refractivity contribution < 1.29 is 8.42 Å². The Morgan fingerprint density at radius 3 is 2.29 bits per heavy atom. The summed E-state index contributed by atoms with van der Waals surface area (Å²) >= 11 is 0. The first-order chi connectivity index (χ1) is 6.38. The minimum atomic E-state index is -3.36. The Balaban J connectivity index is 3.41. The van der Waals surface area contributed by atoms with Gasteiger partial charge < -0.3 is 5.73 Å². The zero-order valence-corrected chi connectivity index (χ0v) is 9.22. The summed E-state index contributed by atoms with van der Waals surface area (Å²) in [6.07, 6.45) is 0. The average Bonchev–Trinajstić information content (AvgIpc) is 2.13. The molecule has 0 saturated carbocycles. The van der Waals surface area contributed by atoms with Crippen LogP contribution in [0.5, 0.6) is 0 Å². The van der Waals surface area contributed by atoms with Crippen LogP contribution in [0.1, 0.15) is 18.2 Å². The highest BCUT2D eigenvalue weighted by Gasteiger charge is 2.17. The normalized spacial score (nSPS) is 11.6. The minimum absolute atomic E-state index is 0.0189. The van der Waals surface area contributed by atoms with E-state index in [1.807, 2.05) is 0 Å². The van der Waals surface area contributed by atoms with E-state index in [1.54, 1.807) is 20.8 Å². The Kier molecular flexibility index (Phi) is 2.75. The van der Waals surface area contributed by atoms with Crippen LogP contribution in [0, 0.1) is 13.8 Å². The maximum Gasteiger partial charge on any atom is 0.249 e. The largest absolute Gasteiger partial charge is 0.383 e. The Morgan fingerprint density at radius 1 is 1.29 bits per heavy atom. The molecular formula is C8H13N3O2S. The summed E-state index contributed by atoms with van der Waals surface area (Å²) in [5, 5.41) is -0.180. The molecule has 2 N–H and O–H groups in total. The monoisotopic (exact) mass is 215 g/mol. The van der Waals surface area contributed by atoms with E-state index in [-0.39, 0.29) is 16.7 Å². The van der Waals surface area contributed by atoms with Crippen LogP contribution in [0.2, 0.25) is 0 Å². The fourth-order valence-electron chi connectivity index (χ4n) is 0.893. The molecule has 0 radical (unpaired) electrons. The summed E-state index contributed by atoms with van der Waals surface area (Å²) in [4.78, 5) is 7.65. The van der Waals surface area contributed by atoms with Crippen LogP contribution < -0.4 is 5.73 Å². The molecule has 1 aromatic rings. The SMILES string of the molecule is CCS(=O)(=O)c1nc(C)c(C)c(N)n1. The van der Waals surface area contributed by atoms with Gasteiger partial charge in [-0.3, -0.25) is 0 Å². The van der Waals surface area contributed by atoms with Gasteiger partial charge in [-0.1, -0.05) is 6.92 Å². The molecule has 14 heavy (non-hydrogen) atoms. The first-order valence-corrected chi connectivity index (χ1v) is 5.87. The van der Waals surface area contributed by atoms with Crippen molar-refractivity contribution in [3.63, 3.8) is 0 Å². The number of anilines is 1. The van der Waals surface area contributed by atoms with Gasteiger partial charge in [0.15, 0.2) is 0 Å².